The van der Waals surface area contributed by atoms with Crippen LogP contribution in [0.1, 0.15) is 22.3 Å². The molecule has 0 heterocycles. The van der Waals surface area contributed by atoms with Gasteiger partial charge in [-0.3, -0.25) is 9.59 Å². The van der Waals surface area contributed by atoms with Gasteiger partial charge >= 0.3 is 0 Å². The number of rotatable bonds is 4. The molecule has 1 N–H and O–H groups in total. The van der Waals surface area contributed by atoms with E-state index in [2.05, 4.69) is 5.32 Å². The average molecular weight is 350 g/mol. The molecule has 0 spiro atoms. The zero-order chi connectivity index (χ0) is 16.4. The molecule has 1 aliphatic carbocycles. The van der Waals surface area contributed by atoms with E-state index in [0.29, 0.717) is 39.9 Å². The van der Waals surface area contributed by atoms with Crippen LogP contribution >= 0.6 is 23.2 Å². The molecule has 0 aromatic heterocycles. The van der Waals surface area contributed by atoms with E-state index >= 15 is 0 Å². The Bertz CT molecular complexity index is 789. The first-order chi connectivity index (χ1) is 11.0. The third-order valence-electron chi connectivity index (χ3n) is 3.60. The van der Waals surface area contributed by atoms with Gasteiger partial charge in [0.1, 0.15) is 5.75 Å². The van der Waals surface area contributed by atoms with Crippen molar-refractivity contribution in [3.05, 3.63) is 57.6 Å². The van der Waals surface area contributed by atoms with Crippen LogP contribution in [0.25, 0.3) is 0 Å². The number of anilines is 1. The molecule has 0 atom stereocenters. The van der Waals surface area contributed by atoms with Crippen molar-refractivity contribution in [2.24, 2.45) is 0 Å². The summed E-state index contributed by atoms with van der Waals surface area (Å²) in [6.45, 7) is -0.148. The number of benzene rings is 2. The molecule has 0 fully saturated rings. The average Bonchev–Trinajstić information content (AvgIpc) is 2.91. The van der Waals surface area contributed by atoms with E-state index in [4.69, 9.17) is 27.9 Å². The van der Waals surface area contributed by atoms with Gasteiger partial charge in [-0.05, 0) is 30.7 Å². The molecule has 6 heteroatoms. The zero-order valence-electron chi connectivity index (χ0n) is 12.1. The van der Waals surface area contributed by atoms with Crippen LogP contribution in [0.3, 0.4) is 0 Å². The monoisotopic (exact) mass is 349 g/mol. The predicted octanol–water partition coefficient (Wildman–Crippen LogP) is 4.14. The van der Waals surface area contributed by atoms with Crippen molar-refractivity contribution in [3.8, 4) is 5.75 Å². The van der Waals surface area contributed by atoms with Crippen LogP contribution in [0.2, 0.25) is 10.0 Å². The summed E-state index contributed by atoms with van der Waals surface area (Å²) in [5.74, 6) is 0.383. The number of hydrogen-bond donors (Lipinski definition) is 1. The van der Waals surface area contributed by atoms with Crippen molar-refractivity contribution in [2.75, 3.05) is 11.9 Å². The molecule has 4 nitrogen and oxygen atoms in total. The summed E-state index contributed by atoms with van der Waals surface area (Å²) in [5.41, 5.74) is 2.11. The molecule has 0 bridgehead atoms. The Hall–Kier alpha value is -2.04. The fourth-order valence-electron chi connectivity index (χ4n) is 2.51. The minimum Gasteiger partial charge on any atom is -0.483 e. The van der Waals surface area contributed by atoms with E-state index < -0.39 is 0 Å². The van der Waals surface area contributed by atoms with Crippen molar-refractivity contribution in [1.82, 2.24) is 0 Å². The van der Waals surface area contributed by atoms with Crippen molar-refractivity contribution in [3.63, 3.8) is 0 Å². The molecule has 23 heavy (non-hydrogen) atoms. The molecule has 0 unspecified atom stereocenters. The van der Waals surface area contributed by atoms with Crippen molar-refractivity contribution in [2.45, 2.75) is 12.8 Å². The van der Waals surface area contributed by atoms with Gasteiger partial charge in [-0.15, -0.1) is 0 Å². The summed E-state index contributed by atoms with van der Waals surface area (Å²) in [7, 11) is 0. The number of nitrogens with one attached hydrogen (secondary N) is 1. The predicted molar refractivity (Wildman–Crippen MR) is 89.7 cm³/mol. The molecule has 0 radical (unpaired) electrons. The lowest BCUT2D eigenvalue weighted by molar-refractivity contribution is -0.118. The van der Waals surface area contributed by atoms with Crippen molar-refractivity contribution in [1.29, 1.82) is 0 Å². The Morgan fingerprint density at radius 3 is 2.74 bits per heavy atom. The van der Waals surface area contributed by atoms with Crippen LogP contribution in [-0.4, -0.2) is 18.3 Å². The highest BCUT2D eigenvalue weighted by Gasteiger charge is 2.22. The van der Waals surface area contributed by atoms with Crippen LogP contribution in [0.4, 0.5) is 5.69 Å². The minimum absolute atomic E-state index is 0.116. The summed E-state index contributed by atoms with van der Waals surface area (Å²) in [5, 5.41) is 3.47. The standard InChI is InChI=1S/C17H13Cl2NO3/c18-13-6-4-10(8-14(13)19)20-17(22)9-23-16-3-1-2-11-12(16)5-7-15(11)21/h1-4,6,8H,5,7,9H2,(H,20,22). The third-order valence-corrected chi connectivity index (χ3v) is 4.34. The number of ether oxygens (including phenoxy) is 1. The SMILES string of the molecule is O=C(COc1cccc2c1CCC2=O)Nc1ccc(Cl)c(Cl)c1. The molecule has 1 amide bonds. The molecule has 118 valence electrons. The first-order valence-electron chi connectivity index (χ1n) is 7.07. The Labute approximate surface area is 143 Å². The molecule has 3 rings (SSSR count). The highest BCUT2D eigenvalue weighted by Crippen LogP contribution is 2.30. The van der Waals surface area contributed by atoms with Crippen molar-refractivity contribution >= 4 is 40.6 Å². The van der Waals surface area contributed by atoms with Gasteiger partial charge in [0.05, 0.1) is 10.0 Å². The first kappa shape index (κ1) is 15.8. The normalized spacial score (nSPS) is 12.9. The molecular formula is C17H13Cl2NO3. The highest BCUT2D eigenvalue weighted by atomic mass is 35.5. The van der Waals surface area contributed by atoms with Gasteiger partial charge in [0, 0.05) is 23.2 Å². The summed E-state index contributed by atoms with van der Waals surface area (Å²) in [6.07, 6.45) is 1.14. The van der Waals surface area contributed by atoms with Gasteiger partial charge < -0.3 is 10.1 Å². The molecule has 1 aliphatic rings. The van der Waals surface area contributed by atoms with Gasteiger partial charge in [-0.2, -0.15) is 0 Å². The van der Waals surface area contributed by atoms with Crippen LogP contribution in [0.5, 0.6) is 5.75 Å². The maximum atomic E-state index is 12.0. The fourth-order valence-corrected chi connectivity index (χ4v) is 2.81. The largest absolute Gasteiger partial charge is 0.483 e. The van der Waals surface area contributed by atoms with Gasteiger partial charge in [-0.25, -0.2) is 0 Å². The van der Waals surface area contributed by atoms with E-state index in [9.17, 15) is 9.59 Å². The van der Waals surface area contributed by atoms with Crippen LogP contribution < -0.4 is 10.1 Å². The summed E-state index contributed by atoms with van der Waals surface area (Å²) in [4.78, 5) is 23.7. The number of halogens is 2. The molecular weight excluding hydrogens is 337 g/mol. The van der Waals surface area contributed by atoms with Gasteiger partial charge in [0.2, 0.25) is 0 Å². The lowest BCUT2D eigenvalue weighted by atomic mass is 10.1. The lowest BCUT2D eigenvalue weighted by Gasteiger charge is -2.11. The second-order valence-electron chi connectivity index (χ2n) is 5.17. The Balaban J connectivity index is 1.64. The third kappa shape index (κ3) is 3.49. The smallest absolute Gasteiger partial charge is 0.262 e. The second kappa shape index (κ2) is 6.60. The summed E-state index contributed by atoms with van der Waals surface area (Å²) < 4.78 is 5.56. The van der Waals surface area contributed by atoms with E-state index in [-0.39, 0.29) is 18.3 Å². The van der Waals surface area contributed by atoms with E-state index in [1.54, 1.807) is 36.4 Å². The Kier molecular flexibility index (Phi) is 4.55. The topological polar surface area (TPSA) is 55.4 Å². The number of amides is 1. The second-order valence-corrected chi connectivity index (χ2v) is 5.99. The fraction of sp³-hybridized carbons (Fsp3) is 0.176. The molecule has 0 saturated heterocycles. The molecule has 2 aromatic carbocycles. The van der Waals surface area contributed by atoms with Gasteiger partial charge in [-0.1, -0.05) is 35.3 Å². The van der Waals surface area contributed by atoms with Crippen molar-refractivity contribution < 1.29 is 14.3 Å². The first-order valence-corrected chi connectivity index (χ1v) is 7.83. The minimum atomic E-state index is -0.315. The van der Waals surface area contributed by atoms with Gasteiger partial charge in [0.25, 0.3) is 5.91 Å². The molecule has 0 saturated carbocycles. The lowest BCUT2D eigenvalue weighted by Crippen LogP contribution is -2.20. The Morgan fingerprint density at radius 2 is 1.96 bits per heavy atom. The highest BCUT2D eigenvalue weighted by molar-refractivity contribution is 6.42. The van der Waals surface area contributed by atoms with Crippen LogP contribution in [0, 0.1) is 0 Å². The number of ketones is 1. The number of Topliss-reactive ketones (excluding diaryl/α,β-unsaturated/α-hetero) is 1. The van der Waals surface area contributed by atoms with E-state index in [1.165, 1.54) is 0 Å². The summed E-state index contributed by atoms with van der Waals surface area (Å²) in [6, 6.07) is 10.1. The molecule has 0 aliphatic heterocycles. The van der Waals surface area contributed by atoms with Crippen LogP contribution in [0.15, 0.2) is 36.4 Å². The number of hydrogen-bond acceptors (Lipinski definition) is 3. The summed E-state index contributed by atoms with van der Waals surface area (Å²) >= 11 is 11.7. The number of carbonyl (C=O) groups is 2. The van der Waals surface area contributed by atoms with Crippen LogP contribution in [-0.2, 0) is 11.2 Å². The van der Waals surface area contributed by atoms with Gasteiger partial charge in [0.15, 0.2) is 12.4 Å². The zero-order valence-corrected chi connectivity index (χ0v) is 13.6. The Morgan fingerprint density at radius 1 is 1.13 bits per heavy atom. The maximum absolute atomic E-state index is 12.0. The number of carbonyl (C=O) groups excluding carboxylic acids is 2. The quantitative estimate of drug-likeness (QED) is 0.902. The molecule has 2 aromatic rings. The number of fused-ring (bicyclic) bond motifs is 1. The van der Waals surface area contributed by atoms with E-state index in [1.807, 2.05) is 0 Å². The van der Waals surface area contributed by atoms with E-state index in [0.717, 1.165) is 5.56 Å². The maximum Gasteiger partial charge on any atom is 0.262 e.